The van der Waals surface area contributed by atoms with Gasteiger partial charge >= 0.3 is 0 Å². The van der Waals surface area contributed by atoms with Crippen molar-refractivity contribution in [2.24, 2.45) is 0 Å². The van der Waals surface area contributed by atoms with Crippen LogP contribution in [0, 0.1) is 13.8 Å². The molecule has 0 aliphatic heterocycles. The molecule has 0 aliphatic rings. The molecule has 0 unspecified atom stereocenters. The van der Waals surface area contributed by atoms with Gasteiger partial charge in [-0.3, -0.25) is 0 Å². The summed E-state index contributed by atoms with van der Waals surface area (Å²) < 4.78 is 6.07. The molecule has 0 aromatic heterocycles. The minimum Gasteiger partial charge on any atom is -0.457 e. The van der Waals surface area contributed by atoms with Crippen molar-refractivity contribution in [2.75, 3.05) is 0 Å². The molecule has 0 spiro atoms. The van der Waals surface area contributed by atoms with E-state index < -0.39 is 0 Å². The van der Waals surface area contributed by atoms with Crippen LogP contribution in [-0.4, -0.2) is 5.54 Å². The smallest absolute Gasteiger partial charge is 0.131 e. The number of nitrogens with one attached hydrogen (secondary N) is 1. The Balaban J connectivity index is 2.22. The summed E-state index contributed by atoms with van der Waals surface area (Å²) in [4.78, 5) is 0. The zero-order valence-electron chi connectivity index (χ0n) is 13.7. The van der Waals surface area contributed by atoms with Crippen molar-refractivity contribution < 1.29 is 4.74 Å². The van der Waals surface area contributed by atoms with Crippen LogP contribution in [0.15, 0.2) is 42.5 Å². The van der Waals surface area contributed by atoms with Crippen molar-refractivity contribution in [1.29, 1.82) is 0 Å². The minimum atomic E-state index is 0.0877. The monoisotopic (exact) mass is 283 g/mol. The van der Waals surface area contributed by atoms with Crippen molar-refractivity contribution in [3.63, 3.8) is 0 Å². The second-order valence-corrected chi connectivity index (χ2v) is 6.63. The molecular weight excluding hydrogens is 258 g/mol. The summed E-state index contributed by atoms with van der Waals surface area (Å²) in [5, 5.41) is 3.52. The molecule has 2 nitrogen and oxygen atoms in total. The highest BCUT2D eigenvalue weighted by atomic mass is 16.5. The van der Waals surface area contributed by atoms with Gasteiger partial charge in [-0.05, 0) is 58.4 Å². The summed E-state index contributed by atoms with van der Waals surface area (Å²) in [5.41, 5.74) is 3.72. The van der Waals surface area contributed by atoms with E-state index in [1.54, 1.807) is 0 Å². The van der Waals surface area contributed by atoms with E-state index in [0.717, 1.165) is 18.0 Å². The first-order valence-corrected chi connectivity index (χ1v) is 7.42. The van der Waals surface area contributed by atoms with E-state index in [9.17, 15) is 0 Å². The van der Waals surface area contributed by atoms with Crippen LogP contribution in [0.2, 0.25) is 0 Å². The summed E-state index contributed by atoms with van der Waals surface area (Å²) in [6.45, 7) is 11.5. The van der Waals surface area contributed by atoms with Gasteiger partial charge in [-0.15, -0.1) is 0 Å². The lowest BCUT2D eigenvalue weighted by molar-refractivity contribution is 0.414. The Labute approximate surface area is 128 Å². The molecule has 0 bridgehead atoms. The first-order valence-electron chi connectivity index (χ1n) is 7.42. The van der Waals surface area contributed by atoms with Crippen molar-refractivity contribution in [3.05, 3.63) is 59.2 Å². The van der Waals surface area contributed by atoms with Gasteiger partial charge < -0.3 is 10.1 Å². The predicted octanol–water partition coefficient (Wildman–Crippen LogP) is 4.98. The average Bonchev–Trinajstić information content (AvgIpc) is 2.38. The number of benzene rings is 2. The van der Waals surface area contributed by atoms with E-state index in [4.69, 9.17) is 4.74 Å². The Kier molecular flexibility index (Phi) is 4.69. The van der Waals surface area contributed by atoms with Gasteiger partial charge in [0.05, 0.1) is 0 Å². The number of aryl methyl sites for hydroxylation is 2. The van der Waals surface area contributed by atoms with Crippen LogP contribution in [0.4, 0.5) is 0 Å². The average molecular weight is 283 g/mol. The van der Waals surface area contributed by atoms with Crippen LogP contribution in [0.5, 0.6) is 11.5 Å². The van der Waals surface area contributed by atoms with Crippen LogP contribution < -0.4 is 10.1 Å². The first kappa shape index (κ1) is 15.6. The number of hydrogen-bond acceptors (Lipinski definition) is 2. The molecule has 2 heteroatoms. The standard InChI is InChI=1S/C19H25NO/c1-14-7-6-8-17(12-14)21-18-10-9-15(2)11-16(18)13-20-19(3,4)5/h6-12,20H,13H2,1-5H3. The van der Waals surface area contributed by atoms with E-state index in [2.05, 4.69) is 70.3 Å². The van der Waals surface area contributed by atoms with Crippen LogP contribution in [0.25, 0.3) is 0 Å². The molecular formula is C19H25NO. The molecule has 0 saturated carbocycles. The van der Waals surface area contributed by atoms with Crippen LogP contribution in [-0.2, 0) is 6.54 Å². The predicted molar refractivity (Wildman–Crippen MR) is 89.0 cm³/mol. The second kappa shape index (κ2) is 6.31. The summed E-state index contributed by atoms with van der Waals surface area (Å²) in [6, 6.07) is 14.5. The van der Waals surface area contributed by atoms with E-state index in [-0.39, 0.29) is 5.54 Å². The van der Waals surface area contributed by atoms with E-state index in [0.29, 0.717) is 0 Å². The van der Waals surface area contributed by atoms with Gasteiger partial charge in [0, 0.05) is 17.6 Å². The third-order valence-corrected chi connectivity index (χ3v) is 3.24. The van der Waals surface area contributed by atoms with Gasteiger partial charge in [0.1, 0.15) is 11.5 Å². The van der Waals surface area contributed by atoms with Gasteiger partial charge in [0.25, 0.3) is 0 Å². The van der Waals surface area contributed by atoms with Gasteiger partial charge in [-0.1, -0.05) is 29.8 Å². The lowest BCUT2D eigenvalue weighted by atomic mass is 10.1. The largest absolute Gasteiger partial charge is 0.457 e. The maximum absolute atomic E-state index is 6.07. The fraction of sp³-hybridized carbons (Fsp3) is 0.368. The van der Waals surface area contributed by atoms with Crippen LogP contribution in [0.1, 0.15) is 37.5 Å². The highest BCUT2D eigenvalue weighted by Gasteiger charge is 2.11. The minimum absolute atomic E-state index is 0.0877. The van der Waals surface area contributed by atoms with Gasteiger partial charge in [0.15, 0.2) is 0 Å². The maximum atomic E-state index is 6.07. The zero-order chi connectivity index (χ0) is 15.5. The highest BCUT2D eigenvalue weighted by Crippen LogP contribution is 2.27. The topological polar surface area (TPSA) is 21.3 Å². The number of ether oxygens (including phenoxy) is 1. The maximum Gasteiger partial charge on any atom is 0.131 e. The quantitative estimate of drug-likeness (QED) is 0.854. The third-order valence-electron chi connectivity index (χ3n) is 3.24. The van der Waals surface area contributed by atoms with E-state index in [1.807, 2.05) is 12.1 Å². The lowest BCUT2D eigenvalue weighted by Crippen LogP contribution is -2.35. The van der Waals surface area contributed by atoms with E-state index >= 15 is 0 Å². The summed E-state index contributed by atoms with van der Waals surface area (Å²) in [5.74, 6) is 1.80. The molecule has 1 N–H and O–H groups in total. The Morgan fingerprint density at radius 3 is 2.33 bits per heavy atom. The van der Waals surface area contributed by atoms with Crippen molar-refractivity contribution >= 4 is 0 Å². The summed E-state index contributed by atoms with van der Waals surface area (Å²) >= 11 is 0. The van der Waals surface area contributed by atoms with Crippen molar-refractivity contribution in [3.8, 4) is 11.5 Å². The van der Waals surface area contributed by atoms with Gasteiger partial charge in [-0.25, -0.2) is 0 Å². The molecule has 0 fully saturated rings. The molecule has 0 radical (unpaired) electrons. The zero-order valence-corrected chi connectivity index (χ0v) is 13.7. The Hall–Kier alpha value is -1.80. The molecule has 0 aliphatic carbocycles. The molecule has 0 heterocycles. The summed E-state index contributed by atoms with van der Waals surface area (Å²) in [6.07, 6.45) is 0. The molecule has 0 atom stereocenters. The van der Waals surface area contributed by atoms with E-state index in [1.165, 1.54) is 16.7 Å². The Morgan fingerprint density at radius 1 is 0.952 bits per heavy atom. The molecule has 2 rings (SSSR count). The van der Waals surface area contributed by atoms with Crippen LogP contribution >= 0.6 is 0 Å². The SMILES string of the molecule is Cc1cccc(Oc2ccc(C)cc2CNC(C)(C)C)c1. The summed E-state index contributed by atoms with van der Waals surface area (Å²) in [7, 11) is 0. The van der Waals surface area contributed by atoms with Crippen molar-refractivity contribution in [1.82, 2.24) is 5.32 Å². The first-order chi connectivity index (χ1) is 9.83. The second-order valence-electron chi connectivity index (χ2n) is 6.63. The fourth-order valence-corrected chi connectivity index (χ4v) is 2.11. The van der Waals surface area contributed by atoms with Crippen molar-refractivity contribution in [2.45, 2.75) is 46.7 Å². The number of rotatable bonds is 4. The van der Waals surface area contributed by atoms with Crippen LogP contribution in [0.3, 0.4) is 0 Å². The molecule has 2 aromatic carbocycles. The highest BCUT2D eigenvalue weighted by molar-refractivity contribution is 5.41. The molecule has 21 heavy (non-hydrogen) atoms. The molecule has 0 amide bonds. The molecule has 2 aromatic rings. The fourth-order valence-electron chi connectivity index (χ4n) is 2.11. The molecule has 112 valence electrons. The third kappa shape index (κ3) is 4.91. The van der Waals surface area contributed by atoms with Gasteiger partial charge in [0.2, 0.25) is 0 Å². The normalized spacial score (nSPS) is 11.5. The number of hydrogen-bond donors (Lipinski definition) is 1. The van der Waals surface area contributed by atoms with Gasteiger partial charge in [-0.2, -0.15) is 0 Å². The lowest BCUT2D eigenvalue weighted by Gasteiger charge is -2.22. The molecule has 0 saturated heterocycles. The Bertz CT molecular complexity index is 611. The Morgan fingerprint density at radius 2 is 1.67 bits per heavy atom.